The van der Waals surface area contributed by atoms with Crippen LogP contribution in [0.15, 0.2) is 46.1 Å². The van der Waals surface area contributed by atoms with Crippen LogP contribution < -0.4 is 5.32 Å². The van der Waals surface area contributed by atoms with Gasteiger partial charge in [0, 0.05) is 31.7 Å². The molecular formula is C15H19ClN4O2. The Kier molecular flexibility index (Phi) is 5.80. The summed E-state index contributed by atoms with van der Waals surface area (Å²) in [6.45, 7) is 0.907. The highest BCUT2D eigenvalue weighted by Crippen LogP contribution is 2.15. The lowest BCUT2D eigenvalue weighted by molar-refractivity contribution is 0.179. The van der Waals surface area contributed by atoms with Crippen LogP contribution in [0.5, 0.6) is 0 Å². The number of guanidine groups is 1. The third-order valence-corrected chi connectivity index (χ3v) is 3.42. The maximum absolute atomic E-state index is 10.2. The molecule has 0 spiro atoms. The van der Waals surface area contributed by atoms with E-state index in [1.807, 2.05) is 11.9 Å². The maximum Gasteiger partial charge on any atom is 0.193 e. The van der Waals surface area contributed by atoms with E-state index in [2.05, 4.69) is 15.5 Å². The van der Waals surface area contributed by atoms with Crippen LogP contribution in [0.3, 0.4) is 0 Å². The number of rotatable bonds is 5. The number of nitrogens with zero attached hydrogens (tertiary/aromatic N) is 3. The van der Waals surface area contributed by atoms with E-state index in [0.29, 0.717) is 24.1 Å². The second kappa shape index (κ2) is 7.82. The Morgan fingerprint density at radius 3 is 2.73 bits per heavy atom. The second-order valence-corrected chi connectivity index (χ2v) is 5.28. The second-order valence-electron chi connectivity index (χ2n) is 4.84. The van der Waals surface area contributed by atoms with Crippen molar-refractivity contribution in [2.75, 3.05) is 20.6 Å². The Morgan fingerprint density at radius 2 is 2.14 bits per heavy atom. The molecule has 7 heteroatoms. The van der Waals surface area contributed by atoms with E-state index < -0.39 is 6.10 Å². The monoisotopic (exact) mass is 322 g/mol. The Labute approximate surface area is 134 Å². The van der Waals surface area contributed by atoms with Crippen LogP contribution >= 0.6 is 11.6 Å². The van der Waals surface area contributed by atoms with Crippen molar-refractivity contribution in [2.24, 2.45) is 4.99 Å². The summed E-state index contributed by atoms with van der Waals surface area (Å²) in [5, 5.41) is 17.8. The Morgan fingerprint density at radius 1 is 1.41 bits per heavy atom. The predicted molar refractivity (Wildman–Crippen MR) is 85.7 cm³/mol. The van der Waals surface area contributed by atoms with Crippen LogP contribution in [-0.2, 0) is 6.54 Å². The molecule has 0 bridgehead atoms. The Hall–Kier alpha value is -2.05. The van der Waals surface area contributed by atoms with E-state index in [1.165, 1.54) is 6.26 Å². The highest BCUT2D eigenvalue weighted by Gasteiger charge is 2.12. The summed E-state index contributed by atoms with van der Waals surface area (Å²) in [6, 6.07) is 8.91. The van der Waals surface area contributed by atoms with Gasteiger partial charge in [-0.25, -0.2) is 0 Å². The van der Waals surface area contributed by atoms with Crippen molar-refractivity contribution in [3.8, 4) is 0 Å². The summed E-state index contributed by atoms with van der Waals surface area (Å²) in [6.07, 6.45) is 0.887. The van der Waals surface area contributed by atoms with Gasteiger partial charge in [0.25, 0.3) is 0 Å². The minimum absolute atomic E-state index is 0.345. The first-order valence-corrected chi connectivity index (χ1v) is 7.22. The first-order valence-electron chi connectivity index (χ1n) is 6.84. The molecule has 1 atom stereocenters. The quantitative estimate of drug-likeness (QED) is 0.651. The Bertz CT molecular complexity index is 599. The van der Waals surface area contributed by atoms with Crippen LogP contribution in [-0.4, -0.2) is 41.8 Å². The molecule has 1 aromatic carbocycles. The first-order chi connectivity index (χ1) is 10.6. The minimum atomic E-state index is -0.644. The lowest BCUT2D eigenvalue weighted by Crippen LogP contribution is -2.40. The standard InChI is InChI=1S/C15H19ClN4O2/c1-17-15(20(2)10-13-7-8-22-19-13)18-9-14(21)11-3-5-12(16)6-4-11/h3-8,14,21H,9-10H2,1-2H3,(H,17,18). The van der Waals surface area contributed by atoms with E-state index in [1.54, 1.807) is 37.4 Å². The summed E-state index contributed by atoms with van der Waals surface area (Å²) in [5.41, 5.74) is 1.61. The number of aliphatic imine (C=N–C) groups is 1. The lowest BCUT2D eigenvalue weighted by Gasteiger charge is -2.22. The number of hydrogen-bond donors (Lipinski definition) is 2. The van der Waals surface area contributed by atoms with E-state index in [-0.39, 0.29) is 0 Å². The number of benzene rings is 1. The molecule has 0 aliphatic heterocycles. The molecule has 0 radical (unpaired) electrons. The zero-order valence-corrected chi connectivity index (χ0v) is 13.3. The zero-order chi connectivity index (χ0) is 15.9. The van der Waals surface area contributed by atoms with Crippen molar-refractivity contribution < 1.29 is 9.63 Å². The van der Waals surface area contributed by atoms with Gasteiger partial charge in [0.15, 0.2) is 5.96 Å². The van der Waals surface area contributed by atoms with Gasteiger partial charge in [-0.3, -0.25) is 4.99 Å². The minimum Gasteiger partial charge on any atom is -0.387 e. The fraction of sp³-hybridized carbons (Fsp3) is 0.333. The van der Waals surface area contributed by atoms with Gasteiger partial charge in [-0.05, 0) is 17.7 Å². The Balaban J connectivity index is 1.89. The van der Waals surface area contributed by atoms with Gasteiger partial charge < -0.3 is 19.8 Å². The molecule has 0 fully saturated rings. The molecule has 118 valence electrons. The smallest absolute Gasteiger partial charge is 0.193 e. The van der Waals surface area contributed by atoms with Crippen LogP contribution in [0.4, 0.5) is 0 Å². The topological polar surface area (TPSA) is 73.9 Å². The van der Waals surface area contributed by atoms with Crippen molar-refractivity contribution in [1.29, 1.82) is 0 Å². The molecule has 0 aliphatic rings. The molecule has 1 heterocycles. The molecule has 1 unspecified atom stereocenters. The zero-order valence-electron chi connectivity index (χ0n) is 12.5. The highest BCUT2D eigenvalue weighted by atomic mass is 35.5. The van der Waals surface area contributed by atoms with Crippen LogP contribution in [0.2, 0.25) is 5.02 Å². The van der Waals surface area contributed by atoms with Gasteiger partial charge in [-0.2, -0.15) is 0 Å². The van der Waals surface area contributed by atoms with Crippen molar-refractivity contribution in [2.45, 2.75) is 12.6 Å². The SMILES string of the molecule is CN=C(NCC(O)c1ccc(Cl)cc1)N(C)Cc1ccon1. The maximum atomic E-state index is 10.2. The fourth-order valence-electron chi connectivity index (χ4n) is 2.01. The molecule has 1 aromatic heterocycles. The predicted octanol–water partition coefficient (Wildman–Crippen LogP) is 2.07. The van der Waals surface area contributed by atoms with Crippen LogP contribution in [0, 0.1) is 0 Å². The van der Waals surface area contributed by atoms with Crippen molar-refractivity contribution >= 4 is 17.6 Å². The summed E-state index contributed by atoms with van der Waals surface area (Å²) in [5.74, 6) is 0.663. The van der Waals surface area contributed by atoms with E-state index in [0.717, 1.165) is 11.3 Å². The molecule has 22 heavy (non-hydrogen) atoms. The number of halogens is 1. The van der Waals surface area contributed by atoms with Crippen LogP contribution in [0.1, 0.15) is 17.4 Å². The molecule has 6 nitrogen and oxygen atoms in total. The van der Waals surface area contributed by atoms with E-state index in [4.69, 9.17) is 16.1 Å². The normalized spacial score (nSPS) is 13.0. The highest BCUT2D eigenvalue weighted by molar-refractivity contribution is 6.30. The van der Waals surface area contributed by atoms with Crippen molar-refractivity contribution in [3.05, 3.63) is 52.9 Å². The lowest BCUT2D eigenvalue weighted by atomic mass is 10.1. The fourth-order valence-corrected chi connectivity index (χ4v) is 2.14. The molecule has 0 saturated carbocycles. The van der Waals surface area contributed by atoms with Gasteiger partial charge in [0.05, 0.1) is 12.6 Å². The molecular weight excluding hydrogens is 304 g/mol. The number of nitrogens with one attached hydrogen (secondary N) is 1. The van der Waals surface area contributed by atoms with Gasteiger partial charge in [0.1, 0.15) is 12.0 Å². The average Bonchev–Trinajstić information content (AvgIpc) is 3.01. The third kappa shape index (κ3) is 4.47. The van der Waals surface area contributed by atoms with Crippen molar-refractivity contribution in [3.63, 3.8) is 0 Å². The summed E-state index contributed by atoms with van der Waals surface area (Å²) < 4.78 is 4.81. The molecule has 2 rings (SSSR count). The molecule has 2 aromatic rings. The summed E-state index contributed by atoms with van der Waals surface area (Å²) in [7, 11) is 3.58. The number of aliphatic hydroxyl groups is 1. The number of aliphatic hydroxyl groups excluding tert-OH is 1. The largest absolute Gasteiger partial charge is 0.387 e. The van der Waals surface area contributed by atoms with Crippen LogP contribution in [0.25, 0.3) is 0 Å². The van der Waals surface area contributed by atoms with Crippen molar-refractivity contribution in [1.82, 2.24) is 15.4 Å². The molecule has 2 N–H and O–H groups in total. The van der Waals surface area contributed by atoms with E-state index in [9.17, 15) is 5.11 Å². The first kappa shape index (κ1) is 16.3. The molecule has 0 aliphatic carbocycles. The van der Waals surface area contributed by atoms with Gasteiger partial charge >= 0.3 is 0 Å². The summed E-state index contributed by atoms with van der Waals surface area (Å²) in [4.78, 5) is 6.08. The number of hydrogen-bond acceptors (Lipinski definition) is 4. The van der Waals surface area contributed by atoms with E-state index >= 15 is 0 Å². The summed E-state index contributed by atoms with van der Waals surface area (Å²) >= 11 is 5.84. The van der Waals surface area contributed by atoms with Gasteiger partial charge in [0.2, 0.25) is 0 Å². The third-order valence-electron chi connectivity index (χ3n) is 3.17. The molecule has 0 amide bonds. The number of aromatic nitrogens is 1. The average molecular weight is 323 g/mol. The van der Waals surface area contributed by atoms with Gasteiger partial charge in [-0.15, -0.1) is 0 Å². The molecule has 0 saturated heterocycles. The van der Waals surface area contributed by atoms with Gasteiger partial charge in [-0.1, -0.05) is 28.9 Å².